The van der Waals surface area contributed by atoms with Crippen molar-refractivity contribution in [3.05, 3.63) is 71.8 Å². The lowest BCUT2D eigenvalue weighted by Crippen LogP contribution is -2.44. The molecule has 0 fully saturated rings. The zero-order valence-corrected chi connectivity index (χ0v) is 17.4. The number of ether oxygens (including phenoxy) is 2. The van der Waals surface area contributed by atoms with E-state index in [2.05, 4.69) is 11.4 Å². The van der Waals surface area contributed by atoms with Gasteiger partial charge in [0.15, 0.2) is 6.10 Å². The molecule has 1 aliphatic heterocycles. The number of carbonyl (C=O) groups is 1. The van der Waals surface area contributed by atoms with Gasteiger partial charge in [0.1, 0.15) is 17.1 Å². The number of fused-ring (bicyclic) bond motifs is 2. The summed E-state index contributed by atoms with van der Waals surface area (Å²) in [6.07, 6.45) is 0.0935. The Kier molecular flexibility index (Phi) is 4.95. The molecule has 3 aromatic rings. The molecule has 0 saturated carbocycles. The molecule has 0 radical (unpaired) electrons. The molecule has 1 heterocycles. The van der Waals surface area contributed by atoms with Crippen LogP contribution in [0.3, 0.4) is 0 Å². The van der Waals surface area contributed by atoms with Crippen molar-refractivity contribution in [2.75, 3.05) is 0 Å². The van der Waals surface area contributed by atoms with E-state index in [0.717, 1.165) is 27.6 Å². The Bertz CT molecular complexity index is 1050. The monoisotopic (exact) mass is 389 g/mol. The number of hydrogen-bond acceptors (Lipinski definition) is 3. The van der Waals surface area contributed by atoms with Gasteiger partial charge in [-0.3, -0.25) is 4.79 Å². The first-order chi connectivity index (χ1) is 13.8. The summed E-state index contributed by atoms with van der Waals surface area (Å²) in [5, 5.41) is 5.28. The van der Waals surface area contributed by atoms with E-state index in [1.54, 1.807) is 6.92 Å². The van der Waals surface area contributed by atoms with Gasteiger partial charge < -0.3 is 14.8 Å². The number of carbonyl (C=O) groups excluding carboxylic acids is 1. The predicted molar refractivity (Wildman–Crippen MR) is 115 cm³/mol. The summed E-state index contributed by atoms with van der Waals surface area (Å²) in [5.74, 6) is 1.42. The molecule has 1 aliphatic rings. The van der Waals surface area contributed by atoms with E-state index < -0.39 is 6.10 Å². The second kappa shape index (κ2) is 7.43. The third-order valence-corrected chi connectivity index (χ3v) is 5.36. The number of nitrogens with one attached hydrogen (secondary N) is 1. The Balaban J connectivity index is 1.54. The molecule has 0 saturated heterocycles. The number of hydrogen-bond donors (Lipinski definition) is 1. The highest BCUT2D eigenvalue weighted by atomic mass is 16.5. The van der Waals surface area contributed by atoms with Crippen molar-refractivity contribution in [3.8, 4) is 11.5 Å². The van der Waals surface area contributed by atoms with Gasteiger partial charge in [0.25, 0.3) is 5.91 Å². The third-order valence-electron chi connectivity index (χ3n) is 5.36. The van der Waals surface area contributed by atoms with Gasteiger partial charge in [-0.25, -0.2) is 0 Å². The first-order valence-electron chi connectivity index (χ1n) is 10.1. The van der Waals surface area contributed by atoms with Crippen LogP contribution in [0, 0.1) is 6.92 Å². The minimum atomic E-state index is -0.611. The van der Waals surface area contributed by atoms with Gasteiger partial charge in [-0.05, 0) is 45.2 Å². The van der Waals surface area contributed by atoms with Crippen molar-refractivity contribution in [1.29, 1.82) is 0 Å². The van der Waals surface area contributed by atoms with Gasteiger partial charge in [0.2, 0.25) is 0 Å². The fourth-order valence-electron chi connectivity index (χ4n) is 3.93. The van der Waals surface area contributed by atoms with Crippen LogP contribution in [0.15, 0.2) is 60.7 Å². The summed E-state index contributed by atoms with van der Waals surface area (Å²) < 4.78 is 12.2. The highest BCUT2D eigenvalue weighted by molar-refractivity contribution is 5.89. The average Bonchev–Trinajstić information content (AvgIpc) is 2.68. The van der Waals surface area contributed by atoms with Crippen molar-refractivity contribution in [1.82, 2.24) is 5.32 Å². The van der Waals surface area contributed by atoms with Crippen LogP contribution in [0.2, 0.25) is 0 Å². The topological polar surface area (TPSA) is 47.6 Å². The molecule has 0 aromatic heterocycles. The Labute approximate surface area is 171 Å². The average molecular weight is 389 g/mol. The Hall–Kier alpha value is -3.01. The number of amides is 1. The summed E-state index contributed by atoms with van der Waals surface area (Å²) in [6, 6.07) is 19.9. The molecule has 0 aliphatic carbocycles. The van der Waals surface area contributed by atoms with Crippen molar-refractivity contribution < 1.29 is 14.3 Å². The fourth-order valence-corrected chi connectivity index (χ4v) is 3.93. The maximum atomic E-state index is 13.0. The smallest absolute Gasteiger partial charge is 0.261 e. The summed E-state index contributed by atoms with van der Waals surface area (Å²) in [7, 11) is 0. The molecule has 0 unspecified atom stereocenters. The van der Waals surface area contributed by atoms with Crippen LogP contribution in [0.25, 0.3) is 10.8 Å². The predicted octanol–water partition coefficient (Wildman–Crippen LogP) is 5.33. The third kappa shape index (κ3) is 4.07. The molecule has 4 nitrogen and oxygen atoms in total. The Morgan fingerprint density at radius 1 is 1.14 bits per heavy atom. The van der Waals surface area contributed by atoms with Crippen LogP contribution >= 0.6 is 0 Å². The fraction of sp³-hybridized carbons (Fsp3) is 0.320. The van der Waals surface area contributed by atoms with E-state index in [1.807, 2.05) is 75.4 Å². The van der Waals surface area contributed by atoms with E-state index >= 15 is 0 Å². The lowest BCUT2D eigenvalue weighted by atomic mass is 9.89. The van der Waals surface area contributed by atoms with Crippen LogP contribution in [0.5, 0.6) is 11.5 Å². The first-order valence-corrected chi connectivity index (χ1v) is 10.1. The van der Waals surface area contributed by atoms with Gasteiger partial charge in [0, 0.05) is 17.4 Å². The van der Waals surface area contributed by atoms with Gasteiger partial charge in [-0.15, -0.1) is 0 Å². The second-order valence-electron chi connectivity index (χ2n) is 8.41. The highest BCUT2D eigenvalue weighted by Crippen LogP contribution is 2.40. The van der Waals surface area contributed by atoms with E-state index in [-0.39, 0.29) is 17.6 Å². The molecule has 1 amide bonds. The van der Waals surface area contributed by atoms with Crippen molar-refractivity contribution in [3.63, 3.8) is 0 Å². The Morgan fingerprint density at radius 3 is 2.72 bits per heavy atom. The lowest BCUT2D eigenvalue weighted by molar-refractivity contribution is -0.128. The largest absolute Gasteiger partial charge is 0.487 e. The zero-order chi connectivity index (χ0) is 20.6. The van der Waals surface area contributed by atoms with Gasteiger partial charge in [0.05, 0.1) is 6.04 Å². The van der Waals surface area contributed by atoms with Crippen LogP contribution in [-0.2, 0) is 4.79 Å². The minimum Gasteiger partial charge on any atom is -0.487 e. The number of rotatable bonds is 4. The van der Waals surface area contributed by atoms with Crippen LogP contribution in [0.1, 0.15) is 44.4 Å². The molecule has 4 rings (SSSR count). The minimum absolute atomic E-state index is 0.111. The SMILES string of the molecule is Cc1ccc2c(c1)[C@@H](NC(=O)[C@H](C)Oc1cccc3ccccc13)CC(C)(C)O2. The summed E-state index contributed by atoms with van der Waals surface area (Å²) in [6.45, 7) is 7.93. The summed E-state index contributed by atoms with van der Waals surface area (Å²) in [5.41, 5.74) is 1.82. The normalized spacial score (nSPS) is 18.4. The van der Waals surface area contributed by atoms with Crippen molar-refractivity contribution in [2.45, 2.75) is 51.9 Å². The highest BCUT2D eigenvalue weighted by Gasteiger charge is 2.35. The van der Waals surface area contributed by atoms with Gasteiger partial charge in [-0.2, -0.15) is 0 Å². The van der Waals surface area contributed by atoms with Gasteiger partial charge >= 0.3 is 0 Å². The van der Waals surface area contributed by atoms with E-state index in [1.165, 1.54) is 0 Å². The zero-order valence-electron chi connectivity index (χ0n) is 17.4. The van der Waals surface area contributed by atoms with E-state index in [4.69, 9.17) is 9.47 Å². The molecule has 29 heavy (non-hydrogen) atoms. The van der Waals surface area contributed by atoms with Crippen LogP contribution in [-0.4, -0.2) is 17.6 Å². The maximum absolute atomic E-state index is 13.0. The van der Waals surface area contributed by atoms with E-state index in [0.29, 0.717) is 12.2 Å². The lowest BCUT2D eigenvalue weighted by Gasteiger charge is -2.38. The molecule has 4 heteroatoms. The van der Waals surface area contributed by atoms with Gasteiger partial charge in [-0.1, -0.05) is 54.1 Å². The molecule has 2 atom stereocenters. The first kappa shape index (κ1) is 19.3. The maximum Gasteiger partial charge on any atom is 0.261 e. The quantitative estimate of drug-likeness (QED) is 0.656. The summed E-state index contributed by atoms with van der Waals surface area (Å²) >= 11 is 0. The standard InChI is InChI=1S/C25H27NO3/c1-16-12-13-23-20(14-16)21(15-25(3,4)29-23)26-24(27)17(2)28-22-11-7-9-18-8-5-6-10-19(18)22/h5-14,17,21H,15H2,1-4H3,(H,26,27)/t17-,21-/m0/s1. The van der Waals surface area contributed by atoms with Crippen molar-refractivity contribution >= 4 is 16.7 Å². The van der Waals surface area contributed by atoms with Crippen molar-refractivity contribution in [2.24, 2.45) is 0 Å². The second-order valence-corrected chi connectivity index (χ2v) is 8.41. The summed E-state index contributed by atoms with van der Waals surface area (Å²) in [4.78, 5) is 13.0. The number of aryl methyl sites for hydroxylation is 1. The Morgan fingerprint density at radius 2 is 1.90 bits per heavy atom. The molecule has 0 bridgehead atoms. The number of benzene rings is 3. The molecular weight excluding hydrogens is 362 g/mol. The van der Waals surface area contributed by atoms with E-state index in [9.17, 15) is 4.79 Å². The molecule has 3 aromatic carbocycles. The molecule has 150 valence electrons. The van der Waals surface area contributed by atoms with Crippen LogP contribution in [0.4, 0.5) is 0 Å². The molecule has 1 N–H and O–H groups in total. The molecule has 0 spiro atoms. The molecular formula is C25H27NO3. The van der Waals surface area contributed by atoms with Crippen LogP contribution < -0.4 is 14.8 Å².